The number of hydrogen-bond acceptors (Lipinski definition) is 3. The predicted molar refractivity (Wildman–Crippen MR) is 118 cm³/mol. The Morgan fingerprint density at radius 2 is 1.64 bits per heavy atom. The minimum atomic E-state index is 0.992. The van der Waals surface area contributed by atoms with Crippen molar-refractivity contribution < 1.29 is 0 Å². The van der Waals surface area contributed by atoms with Gasteiger partial charge in [0.25, 0.3) is 0 Å². The molecule has 3 aromatic rings. The molecule has 0 unspecified atom stereocenters. The molecule has 0 atom stereocenters. The number of rotatable bonds is 3. The van der Waals surface area contributed by atoms with Gasteiger partial charge in [0.1, 0.15) is 5.82 Å². The Kier molecular flexibility index (Phi) is 4.69. The number of piperidine rings is 1. The van der Waals surface area contributed by atoms with E-state index in [0.717, 1.165) is 36.5 Å². The Hall–Kier alpha value is -2.52. The predicted octanol–water partition coefficient (Wildman–Crippen LogP) is 6.19. The second-order valence-electron chi connectivity index (χ2n) is 7.64. The molecule has 0 saturated carbocycles. The molecule has 0 spiro atoms. The van der Waals surface area contributed by atoms with Crippen molar-refractivity contribution in [2.24, 2.45) is 0 Å². The average molecular weight is 385 g/mol. The van der Waals surface area contributed by atoms with Crippen molar-refractivity contribution in [3.8, 4) is 0 Å². The molecule has 0 N–H and O–H groups in total. The van der Waals surface area contributed by atoms with Crippen molar-refractivity contribution in [2.45, 2.75) is 35.5 Å². The maximum Gasteiger partial charge on any atom is 0.128 e. The van der Waals surface area contributed by atoms with Gasteiger partial charge in [-0.25, -0.2) is 4.98 Å². The van der Waals surface area contributed by atoms with Crippen LogP contribution in [-0.4, -0.2) is 18.1 Å². The van der Waals surface area contributed by atoms with Gasteiger partial charge in [-0.1, -0.05) is 42.6 Å². The van der Waals surface area contributed by atoms with E-state index in [4.69, 9.17) is 4.98 Å². The van der Waals surface area contributed by atoms with Crippen LogP contribution in [0.25, 0.3) is 5.57 Å². The van der Waals surface area contributed by atoms with Gasteiger partial charge in [-0.3, -0.25) is 0 Å². The summed E-state index contributed by atoms with van der Waals surface area (Å²) in [6, 6.07) is 19.8. The fourth-order valence-corrected chi connectivity index (χ4v) is 5.17. The largest absolute Gasteiger partial charge is 0.357 e. The Labute approximate surface area is 171 Å². The molecule has 2 aliphatic heterocycles. The maximum atomic E-state index is 4.73. The van der Waals surface area contributed by atoms with Gasteiger partial charge in [-0.15, -0.1) is 0 Å². The van der Waals surface area contributed by atoms with Gasteiger partial charge in [0.15, 0.2) is 0 Å². The zero-order valence-corrected chi connectivity index (χ0v) is 16.8. The quantitative estimate of drug-likeness (QED) is 0.419. The summed E-state index contributed by atoms with van der Waals surface area (Å²) in [6.07, 6.45) is 6.85. The number of pyridine rings is 1. The molecule has 3 heterocycles. The third-order valence-electron chi connectivity index (χ3n) is 5.76. The van der Waals surface area contributed by atoms with Crippen LogP contribution in [0.2, 0.25) is 0 Å². The van der Waals surface area contributed by atoms with E-state index in [0.29, 0.717) is 0 Å². The third-order valence-corrected chi connectivity index (χ3v) is 7.00. The maximum absolute atomic E-state index is 4.73. The molecule has 0 radical (unpaired) electrons. The molecule has 1 aromatic heterocycles. The van der Waals surface area contributed by atoms with Gasteiger partial charge in [0.05, 0.1) is 0 Å². The lowest BCUT2D eigenvalue weighted by atomic mass is 9.96. The molecule has 0 bridgehead atoms. The molecule has 5 rings (SSSR count). The standard InChI is InChI=1S/C25H24N2S/c1-18(21-10-12-25(26-17-21)27-13-5-2-6-14-27)19-9-11-24-22(15-19)16-20-7-3-4-8-23(20)28-24/h3-4,7-12,15,17H,1-2,5-6,13-14,16H2. The van der Waals surface area contributed by atoms with E-state index in [1.165, 1.54) is 45.7 Å². The molecule has 0 amide bonds. The summed E-state index contributed by atoms with van der Waals surface area (Å²) < 4.78 is 0. The first-order valence-electron chi connectivity index (χ1n) is 10.1. The topological polar surface area (TPSA) is 16.1 Å². The Balaban J connectivity index is 1.37. The van der Waals surface area contributed by atoms with Crippen LogP contribution in [-0.2, 0) is 6.42 Å². The van der Waals surface area contributed by atoms with Crippen LogP contribution in [0.15, 0.2) is 77.2 Å². The van der Waals surface area contributed by atoms with Crippen LogP contribution in [0.3, 0.4) is 0 Å². The lowest BCUT2D eigenvalue weighted by Crippen LogP contribution is -2.30. The molecule has 2 aromatic carbocycles. The van der Waals surface area contributed by atoms with Gasteiger partial charge >= 0.3 is 0 Å². The van der Waals surface area contributed by atoms with Gasteiger partial charge in [-0.05, 0) is 78.3 Å². The Bertz CT molecular complexity index is 1020. The second kappa shape index (κ2) is 7.48. The van der Waals surface area contributed by atoms with Gasteiger partial charge in [-0.2, -0.15) is 0 Å². The minimum Gasteiger partial charge on any atom is -0.357 e. The zero-order valence-electron chi connectivity index (χ0n) is 16.0. The molecule has 28 heavy (non-hydrogen) atoms. The zero-order chi connectivity index (χ0) is 18.9. The second-order valence-corrected chi connectivity index (χ2v) is 8.72. The highest BCUT2D eigenvalue weighted by Crippen LogP contribution is 2.40. The number of benzene rings is 2. The van der Waals surface area contributed by atoms with Crippen molar-refractivity contribution in [3.05, 3.63) is 89.6 Å². The molecule has 1 saturated heterocycles. The van der Waals surface area contributed by atoms with E-state index in [1.807, 2.05) is 18.0 Å². The summed E-state index contributed by atoms with van der Waals surface area (Å²) in [5, 5.41) is 0. The molecule has 1 fully saturated rings. The fraction of sp³-hybridized carbons (Fsp3) is 0.240. The SMILES string of the molecule is C=C(c1ccc(N2CCCCC2)nc1)c1ccc2c(c1)Cc1ccccc1S2. The van der Waals surface area contributed by atoms with Crippen molar-refractivity contribution >= 4 is 23.2 Å². The summed E-state index contributed by atoms with van der Waals surface area (Å²) in [7, 11) is 0. The van der Waals surface area contributed by atoms with Crippen molar-refractivity contribution in [3.63, 3.8) is 0 Å². The summed E-state index contributed by atoms with van der Waals surface area (Å²) in [4.78, 5) is 9.85. The summed E-state index contributed by atoms with van der Waals surface area (Å²) in [5.41, 5.74) is 6.13. The molecular formula is C25H24N2S. The van der Waals surface area contributed by atoms with E-state index in [9.17, 15) is 0 Å². The van der Waals surface area contributed by atoms with E-state index in [1.54, 1.807) is 0 Å². The lowest BCUT2D eigenvalue weighted by molar-refractivity contribution is 0.573. The molecule has 140 valence electrons. The third kappa shape index (κ3) is 3.35. The smallest absolute Gasteiger partial charge is 0.128 e. The monoisotopic (exact) mass is 384 g/mol. The number of nitrogens with zero attached hydrogens (tertiary/aromatic N) is 2. The Morgan fingerprint density at radius 1 is 0.857 bits per heavy atom. The highest BCUT2D eigenvalue weighted by molar-refractivity contribution is 7.99. The van der Waals surface area contributed by atoms with Crippen LogP contribution in [0.1, 0.15) is 41.5 Å². The van der Waals surface area contributed by atoms with E-state index in [2.05, 4.69) is 66.1 Å². The highest BCUT2D eigenvalue weighted by atomic mass is 32.2. The van der Waals surface area contributed by atoms with Crippen LogP contribution in [0.5, 0.6) is 0 Å². The fourth-order valence-electron chi connectivity index (χ4n) is 4.12. The van der Waals surface area contributed by atoms with E-state index < -0.39 is 0 Å². The van der Waals surface area contributed by atoms with Crippen molar-refractivity contribution in [1.29, 1.82) is 0 Å². The number of aromatic nitrogens is 1. The van der Waals surface area contributed by atoms with Gasteiger partial charge in [0, 0.05) is 34.6 Å². The first-order chi connectivity index (χ1) is 13.8. The van der Waals surface area contributed by atoms with Crippen molar-refractivity contribution in [1.82, 2.24) is 4.98 Å². The lowest BCUT2D eigenvalue weighted by Gasteiger charge is -2.27. The van der Waals surface area contributed by atoms with Crippen LogP contribution >= 0.6 is 11.8 Å². The number of hydrogen-bond donors (Lipinski definition) is 0. The molecule has 3 heteroatoms. The average Bonchev–Trinajstić information content (AvgIpc) is 2.77. The Morgan fingerprint density at radius 3 is 2.46 bits per heavy atom. The van der Waals surface area contributed by atoms with Crippen LogP contribution in [0, 0.1) is 0 Å². The van der Waals surface area contributed by atoms with Gasteiger partial charge < -0.3 is 4.90 Å². The van der Waals surface area contributed by atoms with Crippen LogP contribution < -0.4 is 4.90 Å². The molecule has 2 aliphatic rings. The first kappa shape index (κ1) is 17.6. The van der Waals surface area contributed by atoms with E-state index in [-0.39, 0.29) is 0 Å². The molecule has 0 aliphatic carbocycles. The number of fused-ring (bicyclic) bond motifs is 2. The normalized spacial score (nSPS) is 15.6. The summed E-state index contributed by atoms with van der Waals surface area (Å²) in [6.45, 7) is 6.61. The highest BCUT2D eigenvalue weighted by Gasteiger charge is 2.17. The summed E-state index contributed by atoms with van der Waals surface area (Å²) >= 11 is 1.87. The van der Waals surface area contributed by atoms with Crippen molar-refractivity contribution in [2.75, 3.05) is 18.0 Å². The summed E-state index contributed by atoms with van der Waals surface area (Å²) in [5.74, 6) is 1.09. The minimum absolute atomic E-state index is 0.992. The molecule has 2 nitrogen and oxygen atoms in total. The van der Waals surface area contributed by atoms with Crippen LogP contribution in [0.4, 0.5) is 5.82 Å². The first-order valence-corrected chi connectivity index (χ1v) is 10.9. The van der Waals surface area contributed by atoms with Gasteiger partial charge in [0.2, 0.25) is 0 Å². The van der Waals surface area contributed by atoms with E-state index >= 15 is 0 Å². The molecular weight excluding hydrogens is 360 g/mol. The number of anilines is 1.